The summed E-state index contributed by atoms with van der Waals surface area (Å²) in [4.78, 5) is 13.2. The largest absolute Gasteiger partial charge is 0.426 e. The van der Waals surface area contributed by atoms with Gasteiger partial charge in [0.15, 0.2) is 0 Å². The van der Waals surface area contributed by atoms with Gasteiger partial charge in [0.05, 0.1) is 5.41 Å². The van der Waals surface area contributed by atoms with E-state index in [1.54, 1.807) is 0 Å². The van der Waals surface area contributed by atoms with E-state index < -0.39 is 17.7 Å². The number of hydrogen-bond donors (Lipinski definition) is 1. The number of carbonyl (C=O) groups excluding carboxylic acids is 1. The van der Waals surface area contributed by atoms with Gasteiger partial charge in [-0.25, -0.2) is 0 Å². The molecule has 152 valence electrons. The van der Waals surface area contributed by atoms with E-state index in [0.29, 0.717) is 31.5 Å². The lowest BCUT2D eigenvalue weighted by Gasteiger charge is -2.38. The number of aliphatic hydroxyl groups is 1. The summed E-state index contributed by atoms with van der Waals surface area (Å²) in [5.41, 5.74) is -3.83. The highest BCUT2D eigenvalue weighted by Gasteiger charge is 2.59. The molecular formula is C18H26F3N3O3. The predicted octanol–water partition coefficient (Wildman–Crippen LogP) is 2.95. The fourth-order valence-electron chi connectivity index (χ4n) is 3.72. The molecular weight excluding hydrogens is 363 g/mol. The van der Waals surface area contributed by atoms with E-state index in [0.717, 1.165) is 17.7 Å². The highest BCUT2D eigenvalue weighted by atomic mass is 19.4. The number of alkyl halides is 3. The zero-order valence-electron chi connectivity index (χ0n) is 16.1. The number of likely N-dealkylation sites (tertiary alicyclic amines) is 1. The molecule has 1 aromatic heterocycles. The van der Waals surface area contributed by atoms with Crippen molar-refractivity contribution in [3.63, 3.8) is 0 Å². The summed E-state index contributed by atoms with van der Waals surface area (Å²) in [6, 6.07) is 0. The first-order valence-electron chi connectivity index (χ1n) is 9.22. The van der Waals surface area contributed by atoms with E-state index in [9.17, 15) is 23.1 Å². The summed E-state index contributed by atoms with van der Waals surface area (Å²) >= 11 is 0. The minimum atomic E-state index is -4.99. The number of carbonyl (C=O) groups is 1. The third kappa shape index (κ3) is 3.46. The average Bonchev–Trinajstić information content (AvgIpc) is 3.20. The van der Waals surface area contributed by atoms with E-state index in [1.165, 1.54) is 0 Å². The van der Waals surface area contributed by atoms with Crippen LogP contribution in [0.3, 0.4) is 0 Å². The Bertz CT molecular complexity index is 709. The van der Waals surface area contributed by atoms with Crippen molar-refractivity contribution in [2.75, 3.05) is 13.1 Å². The normalized spacial score (nSPS) is 23.2. The summed E-state index contributed by atoms with van der Waals surface area (Å²) in [6.45, 7) is 6.83. The smallest absolute Gasteiger partial charge is 0.424 e. The molecule has 0 spiro atoms. The maximum Gasteiger partial charge on any atom is 0.426 e. The number of hydrogen-bond acceptors (Lipinski definition) is 5. The van der Waals surface area contributed by atoms with Gasteiger partial charge in [-0.15, -0.1) is 10.2 Å². The summed E-state index contributed by atoms with van der Waals surface area (Å²) in [6.07, 6.45) is -2.10. The number of nitrogens with zero attached hydrogens (tertiary/aromatic N) is 3. The van der Waals surface area contributed by atoms with Crippen molar-refractivity contribution in [1.29, 1.82) is 0 Å². The van der Waals surface area contributed by atoms with Crippen LogP contribution in [0.15, 0.2) is 4.42 Å². The molecule has 2 fully saturated rings. The Balaban J connectivity index is 1.67. The van der Waals surface area contributed by atoms with E-state index in [2.05, 4.69) is 10.2 Å². The summed E-state index contributed by atoms with van der Waals surface area (Å²) in [5, 5.41) is 18.0. The van der Waals surface area contributed by atoms with E-state index >= 15 is 0 Å². The SMILES string of the molecule is CC(C)(C)c1nnc(C2(C3CCN(C(=O)C(C)(O)C(F)(F)F)CC3)CC2)o1. The Morgan fingerprint density at radius 2 is 1.70 bits per heavy atom. The summed E-state index contributed by atoms with van der Waals surface area (Å²) in [7, 11) is 0. The van der Waals surface area contributed by atoms with Crippen LogP contribution in [0.2, 0.25) is 0 Å². The fourth-order valence-corrected chi connectivity index (χ4v) is 3.72. The van der Waals surface area contributed by atoms with Crippen LogP contribution in [0.1, 0.15) is 65.2 Å². The predicted molar refractivity (Wildman–Crippen MR) is 89.9 cm³/mol. The number of piperidine rings is 1. The second-order valence-electron chi connectivity index (χ2n) is 8.95. The van der Waals surface area contributed by atoms with Gasteiger partial charge in [-0.3, -0.25) is 4.79 Å². The first-order valence-corrected chi connectivity index (χ1v) is 9.22. The second-order valence-corrected chi connectivity index (χ2v) is 8.95. The summed E-state index contributed by atoms with van der Waals surface area (Å²) in [5.74, 6) is 0.0499. The van der Waals surface area contributed by atoms with Gasteiger partial charge in [-0.05, 0) is 38.5 Å². The molecule has 1 saturated carbocycles. The standard InChI is InChI=1S/C18H26F3N3O3/c1-15(2,3)12-22-23-13(27-12)17(7-8-17)11-5-9-24(10-6-11)14(25)16(4,26)18(19,20)21/h11,26H,5-10H2,1-4H3. The number of rotatable bonds is 3. The topological polar surface area (TPSA) is 79.5 Å². The molecule has 0 radical (unpaired) electrons. The molecule has 27 heavy (non-hydrogen) atoms. The van der Waals surface area contributed by atoms with Crippen molar-refractivity contribution < 1.29 is 27.5 Å². The lowest BCUT2D eigenvalue weighted by Crippen LogP contribution is -2.57. The Labute approximate surface area is 156 Å². The minimum Gasteiger partial charge on any atom is -0.424 e. The Kier molecular flexibility index (Phi) is 4.61. The number of amides is 1. The molecule has 0 bridgehead atoms. The van der Waals surface area contributed by atoms with Gasteiger partial charge >= 0.3 is 6.18 Å². The molecule has 2 aliphatic rings. The molecule has 1 aromatic rings. The first-order chi connectivity index (χ1) is 12.3. The van der Waals surface area contributed by atoms with Crippen LogP contribution < -0.4 is 0 Å². The molecule has 1 saturated heterocycles. The average molecular weight is 389 g/mol. The van der Waals surface area contributed by atoms with E-state index in [-0.39, 0.29) is 29.8 Å². The first kappa shape index (κ1) is 20.1. The minimum absolute atomic E-state index is 0.172. The van der Waals surface area contributed by atoms with Gasteiger partial charge in [0.25, 0.3) is 5.91 Å². The molecule has 6 nitrogen and oxygen atoms in total. The third-order valence-electron chi connectivity index (χ3n) is 5.81. The maximum absolute atomic E-state index is 12.9. The van der Waals surface area contributed by atoms with E-state index in [1.807, 2.05) is 20.8 Å². The molecule has 1 aliphatic heterocycles. The van der Waals surface area contributed by atoms with Gasteiger partial charge in [-0.2, -0.15) is 13.2 Å². The van der Waals surface area contributed by atoms with Crippen LogP contribution in [-0.4, -0.2) is 51.0 Å². The molecule has 3 rings (SSSR count). The summed E-state index contributed by atoms with van der Waals surface area (Å²) < 4.78 is 44.6. The molecule has 1 unspecified atom stereocenters. The Hall–Kier alpha value is -1.64. The van der Waals surface area contributed by atoms with Crippen LogP contribution in [-0.2, 0) is 15.6 Å². The molecule has 9 heteroatoms. The number of halogens is 3. The van der Waals surface area contributed by atoms with Gasteiger partial charge in [0.1, 0.15) is 0 Å². The van der Waals surface area contributed by atoms with Crippen molar-refractivity contribution in [1.82, 2.24) is 15.1 Å². The maximum atomic E-state index is 12.9. The lowest BCUT2D eigenvalue weighted by atomic mass is 9.81. The van der Waals surface area contributed by atoms with Crippen LogP contribution >= 0.6 is 0 Å². The van der Waals surface area contributed by atoms with Crippen molar-refractivity contribution in [3.8, 4) is 0 Å². The molecule has 1 N–H and O–H groups in total. The van der Waals surface area contributed by atoms with Gasteiger partial charge < -0.3 is 14.4 Å². The highest BCUT2D eigenvalue weighted by Crippen LogP contribution is 2.56. The third-order valence-corrected chi connectivity index (χ3v) is 5.81. The molecule has 2 heterocycles. The lowest BCUT2D eigenvalue weighted by molar-refractivity contribution is -0.250. The monoisotopic (exact) mass is 389 g/mol. The molecule has 1 aliphatic carbocycles. The highest BCUT2D eigenvalue weighted by molar-refractivity contribution is 5.85. The van der Waals surface area contributed by atoms with Crippen LogP contribution in [0.4, 0.5) is 13.2 Å². The molecule has 1 atom stereocenters. The Morgan fingerprint density at radius 1 is 1.15 bits per heavy atom. The van der Waals surface area contributed by atoms with E-state index in [4.69, 9.17) is 4.42 Å². The molecule has 1 amide bonds. The zero-order valence-corrected chi connectivity index (χ0v) is 16.1. The van der Waals surface area contributed by atoms with Crippen molar-refractivity contribution >= 4 is 5.91 Å². The van der Waals surface area contributed by atoms with Gasteiger partial charge in [0.2, 0.25) is 17.4 Å². The van der Waals surface area contributed by atoms with Gasteiger partial charge in [0, 0.05) is 18.5 Å². The van der Waals surface area contributed by atoms with Crippen LogP contribution in [0.25, 0.3) is 0 Å². The molecule has 0 aromatic carbocycles. The fraction of sp³-hybridized carbons (Fsp3) is 0.833. The zero-order chi connectivity index (χ0) is 20.3. The van der Waals surface area contributed by atoms with Crippen molar-refractivity contribution in [2.45, 2.75) is 76.0 Å². The van der Waals surface area contributed by atoms with Crippen molar-refractivity contribution in [2.24, 2.45) is 5.92 Å². The van der Waals surface area contributed by atoms with Crippen LogP contribution in [0, 0.1) is 5.92 Å². The van der Waals surface area contributed by atoms with Gasteiger partial charge in [-0.1, -0.05) is 20.8 Å². The Morgan fingerprint density at radius 3 is 2.11 bits per heavy atom. The second kappa shape index (κ2) is 6.18. The van der Waals surface area contributed by atoms with Crippen molar-refractivity contribution in [3.05, 3.63) is 11.8 Å². The number of aromatic nitrogens is 2. The quantitative estimate of drug-likeness (QED) is 0.860. The van der Waals surface area contributed by atoms with Crippen LogP contribution in [0.5, 0.6) is 0 Å².